The van der Waals surface area contributed by atoms with E-state index in [4.69, 9.17) is 9.47 Å². The number of anilines is 6. The van der Waals surface area contributed by atoms with Gasteiger partial charge in [0.15, 0.2) is 23.0 Å². The first-order chi connectivity index (χ1) is 26.3. The molecule has 252 valence electrons. The van der Waals surface area contributed by atoms with E-state index in [0.717, 1.165) is 34.1 Å². The summed E-state index contributed by atoms with van der Waals surface area (Å²) in [5.41, 5.74) is 8.82. The van der Waals surface area contributed by atoms with Crippen molar-refractivity contribution in [1.29, 1.82) is 0 Å². The molecule has 53 heavy (non-hydrogen) atoms. The Hall–Kier alpha value is -6.82. The Morgan fingerprint density at radius 1 is 0.321 bits per heavy atom. The van der Waals surface area contributed by atoms with Crippen molar-refractivity contribution in [2.75, 3.05) is 9.80 Å². The summed E-state index contributed by atoms with van der Waals surface area (Å²) in [7, 11) is 0. The fourth-order valence-electron chi connectivity index (χ4n) is 7.24. The molecule has 0 atom stereocenters. The van der Waals surface area contributed by atoms with Gasteiger partial charge in [-0.1, -0.05) is 115 Å². The van der Waals surface area contributed by atoms with Crippen LogP contribution >= 0.6 is 11.3 Å². The Bertz CT molecular complexity index is 2690. The summed E-state index contributed by atoms with van der Waals surface area (Å²) < 4.78 is 15.1. The van der Waals surface area contributed by atoms with Crippen molar-refractivity contribution in [1.82, 2.24) is 0 Å². The molecule has 0 spiro atoms. The van der Waals surface area contributed by atoms with Crippen LogP contribution < -0.4 is 19.3 Å². The van der Waals surface area contributed by atoms with Crippen molar-refractivity contribution >= 4 is 65.6 Å². The number of benzene rings is 8. The quantitative estimate of drug-likeness (QED) is 0.165. The smallest absolute Gasteiger partial charge is 0.172 e. The summed E-state index contributed by atoms with van der Waals surface area (Å²) in [5, 5.41) is 2.43. The van der Waals surface area contributed by atoms with Gasteiger partial charge in [0.25, 0.3) is 0 Å². The summed E-state index contributed by atoms with van der Waals surface area (Å²) in [6, 6.07) is 67.8. The first-order valence-electron chi connectivity index (χ1n) is 17.7. The van der Waals surface area contributed by atoms with Crippen molar-refractivity contribution in [2.45, 2.75) is 0 Å². The minimum Gasteiger partial charge on any atom is -0.450 e. The van der Waals surface area contributed by atoms with E-state index < -0.39 is 0 Å². The average Bonchev–Trinajstić information content (AvgIpc) is 3.62. The third kappa shape index (κ3) is 5.55. The van der Waals surface area contributed by atoms with Crippen LogP contribution in [0.2, 0.25) is 0 Å². The van der Waals surface area contributed by atoms with E-state index in [1.165, 1.54) is 31.3 Å². The molecule has 0 saturated carbocycles. The van der Waals surface area contributed by atoms with Gasteiger partial charge in [-0.05, 0) is 83.9 Å². The Balaban J connectivity index is 1.16. The number of hydrogen-bond donors (Lipinski definition) is 0. The lowest BCUT2D eigenvalue weighted by Gasteiger charge is -2.28. The summed E-state index contributed by atoms with van der Waals surface area (Å²) in [6.45, 7) is 0. The average molecular weight is 701 g/mol. The molecule has 0 radical (unpaired) electrons. The SMILES string of the molecule is c1ccc(-c2ccc(N(c3ccc4c(c3)Oc3ccccc3O4)c3cccc4c3sc3c(N(c5ccccc5)c5ccccc5)cccc34)cc2)cc1. The molecule has 1 aromatic heterocycles. The number of rotatable bonds is 7. The van der Waals surface area contributed by atoms with Crippen LogP contribution in [0.1, 0.15) is 0 Å². The van der Waals surface area contributed by atoms with Crippen LogP contribution in [0.4, 0.5) is 34.1 Å². The van der Waals surface area contributed by atoms with Crippen LogP contribution in [0.15, 0.2) is 194 Å². The maximum Gasteiger partial charge on any atom is 0.172 e. The molecule has 5 heteroatoms. The zero-order chi connectivity index (χ0) is 35.1. The summed E-state index contributed by atoms with van der Waals surface area (Å²) in [6.07, 6.45) is 0. The van der Waals surface area contributed by atoms with Crippen LogP contribution in [-0.2, 0) is 0 Å². The largest absolute Gasteiger partial charge is 0.450 e. The molecule has 0 fully saturated rings. The molecule has 8 aromatic carbocycles. The summed E-state index contributed by atoms with van der Waals surface area (Å²) in [4.78, 5) is 4.69. The van der Waals surface area contributed by atoms with Gasteiger partial charge >= 0.3 is 0 Å². The molecule has 0 bridgehead atoms. The summed E-state index contributed by atoms with van der Waals surface area (Å²) >= 11 is 1.83. The third-order valence-corrected chi connectivity index (χ3v) is 11.0. The molecule has 1 aliphatic rings. The van der Waals surface area contributed by atoms with Gasteiger partial charge in [-0.15, -0.1) is 11.3 Å². The van der Waals surface area contributed by atoms with Gasteiger partial charge in [-0.25, -0.2) is 0 Å². The standard InChI is InChI=1S/C48H32N2O2S/c1-4-14-33(15-5-1)34-26-28-37(29-27-34)50(38-30-31-45-46(32-38)52-44-25-11-10-24-43(44)51-45)42-23-13-21-40-39-20-12-22-41(47(39)53-48(40)42)49(35-16-6-2-7-17-35)36-18-8-3-9-19-36/h1-32H. The predicted octanol–water partition coefficient (Wildman–Crippen LogP) is 14.6. The molecule has 0 saturated heterocycles. The molecule has 0 aliphatic carbocycles. The van der Waals surface area contributed by atoms with Crippen molar-refractivity contribution in [3.63, 3.8) is 0 Å². The topological polar surface area (TPSA) is 24.9 Å². The Kier molecular flexibility index (Phi) is 7.63. The van der Waals surface area contributed by atoms with Crippen LogP contribution in [0.3, 0.4) is 0 Å². The second-order valence-corrected chi connectivity index (χ2v) is 14.0. The Morgan fingerprint density at radius 3 is 1.34 bits per heavy atom. The molecule has 10 rings (SSSR count). The number of fused-ring (bicyclic) bond motifs is 5. The highest BCUT2D eigenvalue weighted by Crippen LogP contribution is 2.51. The van der Waals surface area contributed by atoms with E-state index in [1.807, 2.05) is 41.7 Å². The van der Waals surface area contributed by atoms with E-state index >= 15 is 0 Å². The lowest BCUT2D eigenvalue weighted by molar-refractivity contribution is 0.360. The number of para-hydroxylation sites is 4. The number of nitrogens with zero attached hydrogens (tertiary/aromatic N) is 2. The molecule has 0 amide bonds. The second kappa shape index (κ2) is 13.1. The van der Waals surface area contributed by atoms with Gasteiger partial charge in [0.05, 0.1) is 26.5 Å². The Morgan fingerprint density at radius 2 is 0.755 bits per heavy atom. The molecule has 0 N–H and O–H groups in total. The summed E-state index contributed by atoms with van der Waals surface area (Å²) in [5.74, 6) is 2.79. The highest BCUT2D eigenvalue weighted by Gasteiger charge is 2.24. The van der Waals surface area contributed by atoms with E-state index in [2.05, 4.69) is 174 Å². The van der Waals surface area contributed by atoms with Gasteiger partial charge < -0.3 is 19.3 Å². The van der Waals surface area contributed by atoms with E-state index in [0.29, 0.717) is 23.0 Å². The van der Waals surface area contributed by atoms with E-state index in [-0.39, 0.29) is 0 Å². The molecule has 1 aliphatic heterocycles. The van der Waals surface area contributed by atoms with Crippen LogP contribution in [0.25, 0.3) is 31.3 Å². The van der Waals surface area contributed by atoms with Crippen LogP contribution in [0.5, 0.6) is 23.0 Å². The monoisotopic (exact) mass is 700 g/mol. The predicted molar refractivity (Wildman–Crippen MR) is 221 cm³/mol. The zero-order valence-corrected chi connectivity index (χ0v) is 29.4. The van der Waals surface area contributed by atoms with Crippen molar-refractivity contribution < 1.29 is 9.47 Å². The van der Waals surface area contributed by atoms with Gasteiger partial charge in [0.1, 0.15) is 0 Å². The zero-order valence-electron chi connectivity index (χ0n) is 28.6. The third-order valence-electron chi connectivity index (χ3n) is 9.70. The fraction of sp³-hybridized carbons (Fsp3) is 0. The van der Waals surface area contributed by atoms with E-state index in [1.54, 1.807) is 0 Å². The van der Waals surface area contributed by atoms with Crippen LogP contribution in [0, 0.1) is 0 Å². The molecule has 4 nitrogen and oxygen atoms in total. The number of hydrogen-bond acceptors (Lipinski definition) is 5. The highest BCUT2D eigenvalue weighted by atomic mass is 32.1. The minimum atomic E-state index is 0.680. The lowest BCUT2D eigenvalue weighted by Crippen LogP contribution is -2.11. The first-order valence-corrected chi connectivity index (χ1v) is 18.5. The molecular weight excluding hydrogens is 669 g/mol. The van der Waals surface area contributed by atoms with Crippen molar-refractivity contribution in [3.8, 4) is 34.1 Å². The highest BCUT2D eigenvalue weighted by molar-refractivity contribution is 7.27. The number of ether oxygens (including phenoxy) is 2. The van der Waals surface area contributed by atoms with Gasteiger partial charge in [0, 0.05) is 33.9 Å². The minimum absolute atomic E-state index is 0.680. The normalized spacial score (nSPS) is 11.7. The van der Waals surface area contributed by atoms with Gasteiger partial charge in [0.2, 0.25) is 0 Å². The van der Waals surface area contributed by atoms with Crippen molar-refractivity contribution in [2.24, 2.45) is 0 Å². The molecule has 2 heterocycles. The molecule has 9 aromatic rings. The van der Waals surface area contributed by atoms with Gasteiger partial charge in [-0.3, -0.25) is 0 Å². The molecular formula is C48H32N2O2S. The van der Waals surface area contributed by atoms with Crippen molar-refractivity contribution in [3.05, 3.63) is 194 Å². The van der Waals surface area contributed by atoms with Crippen LogP contribution in [-0.4, -0.2) is 0 Å². The maximum atomic E-state index is 6.42. The molecule has 0 unspecified atom stereocenters. The Labute approximate surface area is 312 Å². The fourth-order valence-corrected chi connectivity index (χ4v) is 8.55. The first kappa shape index (κ1) is 31.0. The lowest BCUT2D eigenvalue weighted by atomic mass is 10.0. The second-order valence-electron chi connectivity index (χ2n) is 12.9. The maximum absolute atomic E-state index is 6.42. The van der Waals surface area contributed by atoms with Gasteiger partial charge in [-0.2, -0.15) is 0 Å². The number of thiophene rings is 1. The van der Waals surface area contributed by atoms with E-state index in [9.17, 15) is 0 Å².